The van der Waals surface area contributed by atoms with Gasteiger partial charge in [0.15, 0.2) is 0 Å². The average Bonchev–Trinajstić information content (AvgIpc) is 2.85. The third kappa shape index (κ3) is 9.03. The molecule has 190 valence electrons. The van der Waals surface area contributed by atoms with E-state index in [1.54, 1.807) is 16.7 Å². The van der Waals surface area contributed by atoms with Crippen molar-refractivity contribution in [2.45, 2.75) is 57.5 Å². The number of nitrogens with one attached hydrogen (secondary N) is 1. The summed E-state index contributed by atoms with van der Waals surface area (Å²) >= 11 is 8.20. The van der Waals surface area contributed by atoms with Crippen molar-refractivity contribution in [2.24, 2.45) is 0 Å². The van der Waals surface area contributed by atoms with Crippen molar-refractivity contribution < 1.29 is 9.59 Å². The summed E-state index contributed by atoms with van der Waals surface area (Å²) in [5.74, 6) is 1.30. The van der Waals surface area contributed by atoms with E-state index in [4.69, 9.17) is 11.6 Å². The van der Waals surface area contributed by atoms with Crippen molar-refractivity contribution in [3.8, 4) is 0 Å². The molecule has 0 spiro atoms. The Morgan fingerprint density at radius 3 is 2.08 bits per heavy atom. The van der Waals surface area contributed by atoms with Gasteiger partial charge in [-0.05, 0) is 43.5 Å². The topological polar surface area (TPSA) is 49.4 Å². The first-order chi connectivity index (χ1) is 17.2. The molecular weight excluding hydrogens is 488 g/mol. The quantitative estimate of drug-likeness (QED) is 0.292. The van der Waals surface area contributed by atoms with Gasteiger partial charge in [0, 0.05) is 41.5 Å². The van der Waals surface area contributed by atoms with Gasteiger partial charge < -0.3 is 10.2 Å². The Balaban J connectivity index is 1.83. The first kappa shape index (κ1) is 27.8. The number of rotatable bonds is 11. The zero-order valence-corrected chi connectivity index (χ0v) is 22.8. The molecule has 0 bridgehead atoms. The Kier molecular flexibility index (Phi) is 10.4. The second kappa shape index (κ2) is 13.5. The number of benzene rings is 3. The van der Waals surface area contributed by atoms with Crippen molar-refractivity contribution in [3.63, 3.8) is 0 Å². The SMILES string of the molecule is CC(C)(C)NC(=O)[C@H](Cc1ccccc1)N(Cc1ccccc1Cl)C(=O)CCSCc1ccccc1. The third-order valence-corrected chi connectivity index (χ3v) is 7.04. The lowest BCUT2D eigenvalue weighted by Gasteiger charge is -2.34. The van der Waals surface area contributed by atoms with Crippen LogP contribution in [-0.2, 0) is 28.3 Å². The maximum atomic E-state index is 13.7. The molecule has 0 radical (unpaired) electrons. The van der Waals surface area contributed by atoms with E-state index in [1.807, 2.05) is 93.6 Å². The van der Waals surface area contributed by atoms with Crippen LogP contribution in [-0.4, -0.2) is 34.0 Å². The van der Waals surface area contributed by atoms with E-state index >= 15 is 0 Å². The number of halogens is 1. The molecule has 0 aromatic heterocycles. The van der Waals surface area contributed by atoms with E-state index in [0.29, 0.717) is 23.6 Å². The second-order valence-corrected chi connectivity index (χ2v) is 11.4. The monoisotopic (exact) mass is 522 g/mol. The minimum Gasteiger partial charge on any atom is -0.350 e. The van der Waals surface area contributed by atoms with Gasteiger partial charge in [-0.15, -0.1) is 0 Å². The lowest BCUT2D eigenvalue weighted by Crippen LogP contribution is -2.54. The Morgan fingerprint density at radius 1 is 0.889 bits per heavy atom. The number of hydrogen-bond donors (Lipinski definition) is 1. The summed E-state index contributed by atoms with van der Waals surface area (Å²) in [5.41, 5.74) is 2.64. The smallest absolute Gasteiger partial charge is 0.243 e. The largest absolute Gasteiger partial charge is 0.350 e. The highest BCUT2D eigenvalue weighted by molar-refractivity contribution is 7.98. The Morgan fingerprint density at radius 2 is 1.47 bits per heavy atom. The maximum Gasteiger partial charge on any atom is 0.243 e. The van der Waals surface area contributed by atoms with Crippen LogP contribution in [0.2, 0.25) is 5.02 Å². The second-order valence-electron chi connectivity index (χ2n) is 9.85. The maximum absolute atomic E-state index is 13.7. The number of carbonyl (C=O) groups is 2. The molecule has 2 amide bonds. The van der Waals surface area contributed by atoms with Crippen LogP contribution in [0.1, 0.15) is 43.9 Å². The fourth-order valence-corrected chi connectivity index (χ4v) is 4.97. The molecule has 0 fully saturated rings. The molecule has 0 aliphatic heterocycles. The molecule has 3 rings (SSSR count). The van der Waals surface area contributed by atoms with Crippen LogP contribution >= 0.6 is 23.4 Å². The summed E-state index contributed by atoms with van der Waals surface area (Å²) in [4.78, 5) is 28.9. The third-order valence-electron chi connectivity index (χ3n) is 5.64. The van der Waals surface area contributed by atoms with E-state index in [1.165, 1.54) is 5.56 Å². The molecule has 0 saturated carbocycles. The molecule has 0 aliphatic rings. The van der Waals surface area contributed by atoms with Gasteiger partial charge in [-0.2, -0.15) is 11.8 Å². The molecule has 0 unspecified atom stereocenters. The van der Waals surface area contributed by atoms with Crippen molar-refractivity contribution in [3.05, 3.63) is 107 Å². The van der Waals surface area contributed by atoms with E-state index in [9.17, 15) is 9.59 Å². The zero-order valence-electron chi connectivity index (χ0n) is 21.2. The summed E-state index contributed by atoms with van der Waals surface area (Å²) in [7, 11) is 0. The highest BCUT2D eigenvalue weighted by atomic mass is 35.5. The minimum absolute atomic E-state index is 0.0551. The lowest BCUT2D eigenvalue weighted by molar-refractivity contribution is -0.141. The molecule has 1 N–H and O–H groups in total. The predicted octanol–water partition coefficient (Wildman–Crippen LogP) is 6.52. The van der Waals surface area contributed by atoms with E-state index in [-0.39, 0.29) is 18.4 Å². The number of hydrogen-bond acceptors (Lipinski definition) is 3. The fourth-order valence-electron chi connectivity index (χ4n) is 3.88. The van der Waals surface area contributed by atoms with Crippen LogP contribution in [0, 0.1) is 0 Å². The molecule has 1 atom stereocenters. The normalized spacial score (nSPS) is 12.1. The van der Waals surface area contributed by atoms with Gasteiger partial charge >= 0.3 is 0 Å². The van der Waals surface area contributed by atoms with Crippen LogP contribution in [0.15, 0.2) is 84.9 Å². The molecule has 0 heterocycles. The van der Waals surface area contributed by atoms with Gasteiger partial charge in [-0.25, -0.2) is 0 Å². The number of carbonyl (C=O) groups excluding carboxylic acids is 2. The molecular formula is C30H35ClN2O2S. The molecule has 3 aromatic carbocycles. The Bertz CT molecular complexity index is 1120. The minimum atomic E-state index is -0.658. The summed E-state index contributed by atoms with van der Waals surface area (Å²) in [6.45, 7) is 6.12. The predicted molar refractivity (Wildman–Crippen MR) is 151 cm³/mol. The number of amides is 2. The highest BCUT2D eigenvalue weighted by Gasteiger charge is 2.32. The Labute approximate surface area is 224 Å². The molecule has 0 aliphatic carbocycles. The van der Waals surface area contributed by atoms with Gasteiger partial charge in [0.2, 0.25) is 11.8 Å². The first-order valence-corrected chi connectivity index (χ1v) is 13.8. The first-order valence-electron chi connectivity index (χ1n) is 12.2. The molecule has 6 heteroatoms. The van der Waals surface area contributed by atoms with Crippen molar-refractivity contribution in [1.29, 1.82) is 0 Å². The van der Waals surface area contributed by atoms with Gasteiger partial charge in [-0.1, -0.05) is 90.5 Å². The van der Waals surface area contributed by atoms with Gasteiger partial charge in [0.1, 0.15) is 6.04 Å². The molecule has 4 nitrogen and oxygen atoms in total. The summed E-state index contributed by atoms with van der Waals surface area (Å²) in [5, 5.41) is 3.68. The van der Waals surface area contributed by atoms with E-state index < -0.39 is 11.6 Å². The Hall–Kier alpha value is -2.76. The number of nitrogens with zero attached hydrogens (tertiary/aromatic N) is 1. The summed E-state index contributed by atoms with van der Waals surface area (Å²) in [6.07, 6.45) is 0.770. The standard InChI is InChI=1S/C30H35ClN2O2S/c1-30(2,3)32-29(35)27(20-23-12-6-4-7-13-23)33(21-25-16-10-11-17-26(25)31)28(34)18-19-36-22-24-14-8-5-9-15-24/h4-17,27H,18-22H2,1-3H3,(H,32,35)/t27-/m0/s1. The van der Waals surface area contributed by atoms with Crippen LogP contribution in [0.5, 0.6) is 0 Å². The van der Waals surface area contributed by atoms with Crippen LogP contribution in [0.3, 0.4) is 0 Å². The molecule has 3 aromatic rings. The van der Waals surface area contributed by atoms with Crippen molar-refractivity contribution in [2.75, 3.05) is 5.75 Å². The number of thioether (sulfide) groups is 1. The van der Waals surface area contributed by atoms with Crippen molar-refractivity contribution >= 4 is 35.2 Å². The fraction of sp³-hybridized carbons (Fsp3) is 0.333. The van der Waals surface area contributed by atoms with Crippen LogP contribution in [0.4, 0.5) is 0 Å². The summed E-state index contributed by atoms with van der Waals surface area (Å²) < 4.78 is 0. The van der Waals surface area contributed by atoms with Gasteiger partial charge in [0.05, 0.1) is 0 Å². The highest BCUT2D eigenvalue weighted by Crippen LogP contribution is 2.22. The molecule has 0 saturated heterocycles. The van der Waals surface area contributed by atoms with Gasteiger partial charge in [-0.3, -0.25) is 9.59 Å². The van der Waals surface area contributed by atoms with Gasteiger partial charge in [0.25, 0.3) is 0 Å². The lowest BCUT2D eigenvalue weighted by atomic mass is 10.0. The van der Waals surface area contributed by atoms with E-state index in [0.717, 1.165) is 16.9 Å². The van der Waals surface area contributed by atoms with Crippen LogP contribution < -0.4 is 5.32 Å². The van der Waals surface area contributed by atoms with Crippen molar-refractivity contribution in [1.82, 2.24) is 10.2 Å². The zero-order chi connectivity index (χ0) is 26.0. The van der Waals surface area contributed by atoms with Crippen LogP contribution in [0.25, 0.3) is 0 Å². The molecule has 36 heavy (non-hydrogen) atoms. The van der Waals surface area contributed by atoms with E-state index in [2.05, 4.69) is 17.4 Å². The average molecular weight is 523 g/mol. The summed E-state index contributed by atoms with van der Waals surface area (Å²) in [6, 6.07) is 26.9.